The van der Waals surface area contributed by atoms with Crippen LogP contribution in [0.3, 0.4) is 0 Å². The first-order valence-electron chi connectivity index (χ1n) is 7.14. The fourth-order valence-corrected chi connectivity index (χ4v) is 3.36. The second kappa shape index (κ2) is 9.38. The Morgan fingerprint density at radius 3 is 2.76 bits per heavy atom. The average molecular weight is 505 g/mol. The second-order valence-electron chi connectivity index (χ2n) is 5.02. The van der Waals surface area contributed by atoms with E-state index in [4.69, 9.17) is 28.9 Å². The van der Waals surface area contributed by atoms with Gasteiger partial charge in [0.15, 0.2) is 0 Å². The standard InChI is InChI=1S/C17H14Cl2N4S.HI/c18-14-6-5-11(7-15(14)19)8-21-17(20)23-22-9-12-10-24-16-4-2-1-3-13(12)16;/h1-7,9-10H,8H2,(H3,20,21,23);1H/b22-9+;. The highest BCUT2D eigenvalue weighted by Crippen LogP contribution is 2.24. The van der Waals surface area contributed by atoms with Crippen molar-refractivity contribution in [2.45, 2.75) is 6.54 Å². The Kier molecular flexibility index (Phi) is 7.49. The fraction of sp³-hybridized carbons (Fsp3) is 0.0588. The lowest BCUT2D eigenvalue weighted by atomic mass is 10.2. The average Bonchev–Trinajstić information content (AvgIpc) is 2.99. The van der Waals surface area contributed by atoms with Crippen molar-refractivity contribution in [2.75, 3.05) is 0 Å². The zero-order valence-electron chi connectivity index (χ0n) is 12.9. The van der Waals surface area contributed by atoms with E-state index in [1.165, 1.54) is 4.70 Å². The van der Waals surface area contributed by atoms with Crippen LogP contribution in [-0.4, -0.2) is 12.2 Å². The molecule has 0 aliphatic carbocycles. The van der Waals surface area contributed by atoms with Gasteiger partial charge >= 0.3 is 0 Å². The van der Waals surface area contributed by atoms with Gasteiger partial charge in [0.05, 0.1) is 16.3 Å². The van der Waals surface area contributed by atoms with Crippen LogP contribution in [0.15, 0.2) is 58.0 Å². The summed E-state index contributed by atoms with van der Waals surface area (Å²) in [4.78, 5) is 0. The molecule has 0 saturated carbocycles. The fourth-order valence-electron chi connectivity index (χ4n) is 2.13. The number of nitrogens with zero attached hydrogens (tertiary/aromatic N) is 2. The molecule has 0 amide bonds. The first-order chi connectivity index (χ1) is 11.6. The molecule has 0 spiro atoms. The molecule has 3 aromatic rings. The van der Waals surface area contributed by atoms with E-state index in [2.05, 4.69) is 27.7 Å². The third-order valence-corrected chi connectivity index (χ3v) is 5.05. The summed E-state index contributed by atoms with van der Waals surface area (Å²) in [5, 5.41) is 15.2. The van der Waals surface area contributed by atoms with Crippen LogP contribution < -0.4 is 11.1 Å². The van der Waals surface area contributed by atoms with Crippen molar-refractivity contribution in [1.29, 1.82) is 0 Å². The minimum Gasteiger partial charge on any atom is -0.368 e. The molecule has 4 nitrogen and oxygen atoms in total. The largest absolute Gasteiger partial charge is 0.368 e. The molecule has 1 heterocycles. The van der Waals surface area contributed by atoms with Gasteiger partial charge in [-0.05, 0) is 23.8 Å². The zero-order chi connectivity index (χ0) is 16.9. The summed E-state index contributed by atoms with van der Waals surface area (Å²) >= 11 is 13.5. The Morgan fingerprint density at radius 1 is 1.16 bits per heavy atom. The van der Waals surface area contributed by atoms with Crippen molar-refractivity contribution < 1.29 is 0 Å². The molecule has 0 radical (unpaired) electrons. The van der Waals surface area contributed by atoms with Gasteiger partial charge in [0, 0.05) is 27.6 Å². The monoisotopic (exact) mass is 504 g/mol. The maximum atomic E-state index is 5.97. The number of nitrogens with two attached hydrogens (primary N) is 1. The molecule has 0 fully saturated rings. The van der Waals surface area contributed by atoms with Gasteiger partial charge < -0.3 is 11.1 Å². The van der Waals surface area contributed by atoms with E-state index >= 15 is 0 Å². The lowest BCUT2D eigenvalue weighted by Crippen LogP contribution is -2.30. The number of benzene rings is 2. The number of hydrogen-bond acceptors (Lipinski definition) is 3. The Labute approximate surface area is 176 Å². The third-order valence-electron chi connectivity index (χ3n) is 3.33. The van der Waals surface area contributed by atoms with Crippen LogP contribution in [-0.2, 0) is 6.54 Å². The van der Waals surface area contributed by atoms with Gasteiger partial charge in [-0.3, -0.25) is 0 Å². The number of guanidine groups is 1. The molecule has 3 rings (SSSR count). The molecular weight excluding hydrogens is 490 g/mol. The maximum Gasteiger partial charge on any atom is 0.214 e. The molecule has 0 bridgehead atoms. The minimum absolute atomic E-state index is 0. The topological polar surface area (TPSA) is 62.8 Å². The van der Waals surface area contributed by atoms with Gasteiger partial charge in [0.25, 0.3) is 0 Å². The van der Waals surface area contributed by atoms with Crippen molar-refractivity contribution in [2.24, 2.45) is 15.9 Å². The summed E-state index contributed by atoms with van der Waals surface area (Å²) in [6, 6.07) is 13.6. The molecular formula is C17H15Cl2IN4S. The van der Waals surface area contributed by atoms with Crippen LogP contribution in [0, 0.1) is 0 Å². The van der Waals surface area contributed by atoms with Crippen LogP contribution in [0.5, 0.6) is 0 Å². The highest BCUT2D eigenvalue weighted by atomic mass is 127. The van der Waals surface area contributed by atoms with Crippen LogP contribution in [0.25, 0.3) is 10.1 Å². The lowest BCUT2D eigenvalue weighted by Gasteiger charge is -2.05. The van der Waals surface area contributed by atoms with Crippen LogP contribution >= 0.6 is 58.5 Å². The van der Waals surface area contributed by atoms with E-state index in [1.54, 1.807) is 29.7 Å². The van der Waals surface area contributed by atoms with Crippen molar-refractivity contribution >= 4 is 80.8 Å². The molecule has 0 aliphatic heterocycles. The van der Waals surface area contributed by atoms with Gasteiger partial charge in [0.1, 0.15) is 0 Å². The Balaban J connectivity index is 0.00000225. The van der Waals surface area contributed by atoms with Gasteiger partial charge in [-0.2, -0.15) is 5.10 Å². The Morgan fingerprint density at radius 2 is 1.96 bits per heavy atom. The zero-order valence-corrected chi connectivity index (χ0v) is 17.6. The van der Waals surface area contributed by atoms with E-state index in [0.717, 1.165) is 16.5 Å². The smallest absolute Gasteiger partial charge is 0.214 e. The minimum atomic E-state index is 0. The summed E-state index contributed by atoms with van der Waals surface area (Å²) in [5.41, 5.74) is 7.79. The van der Waals surface area contributed by atoms with Gasteiger partial charge in [-0.25, -0.2) is 0 Å². The van der Waals surface area contributed by atoms with Crippen molar-refractivity contribution in [3.8, 4) is 0 Å². The Bertz CT molecular complexity index is 924. The molecule has 0 saturated heterocycles. The van der Waals surface area contributed by atoms with E-state index in [-0.39, 0.29) is 29.9 Å². The molecule has 0 aliphatic rings. The van der Waals surface area contributed by atoms with Crippen LogP contribution in [0.4, 0.5) is 0 Å². The van der Waals surface area contributed by atoms with Crippen molar-refractivity contribution in [3.05, 3.63) is 69.0 Å². The summed E-state index contributed by atoms with van der Waals surface area (Å²) < 4.78 is 1.22. The molecule has 1 aromatic heterocycles. The molecule has 130 valence electrons. The summed E-state index contributed by atoms with van der Waals surface area (Å²) in [5.74, 6) is 0.233. The Hall–Kier alpha value is -1.35. The number of thiophene rings is 1. The highest BCUT2D eigenvalue weighted by Gasteiger charge is 2.01. The predicted octanol–water partition coefficient (Wildman–Crippen LogP) is 5.26. The molecule has 3 N–H and O–H groups in total. The first-order valence-corrected chi connectivity index (χ1v) is 8.77. The third kappa shape index (κ3) is 5.31. The predicted molar refractivity (Wildman–Crippen MR) is 120 cm³/mol. The highest BCUT2D eigenvalue weighted by molar-refractivity contribution is 14.0. The molecule has 0 atom stereocenters. The number of nitrogens with one attached hydrogen (secondary N) is 1. The van der Waals surface area contributed by atoms with E-state index < -0.39 is 0 Å². The van der Waals surface area contributed by atoms with E-state index in [1.807, 2.05) is 23.6 Å². The van der Waals surface area contributed by atoms with Crippen molar-refractivity contribution in [3.63, 3.8) is 0 Å². The number of halogens is 3. The number of rotatable bonds is 4. The number of hydrogen-bond donors (Lipinski definition) is 2. The summed E-state index contributed by atoms with van der Waals surface area (Å²) in [6.07, 6.45) is 1.70. The van der Waals surface area contributed by atoms with Gasteiger partial charge in [-0.1, -0.05) is 47.5 Å². The first kappa shape index (κ1) is 20.0. The molecule has 8 heteroatoms. The maximum absolute atomic E-state index is 5.97. The molecule has 2 aromatic carbocycles. The second-order valence-corrected chi connectivity index (χ2v) is 6.74. The van der Waals surface area contributed by atoms with Crippen LogP contribution in [0.2, 0.25) is 10.0 Å². The SMILES string of the molecule is I.N/C(=N\N=C\c1csc2ccccc12)NCc1ccc(Cl)c(Cl)c1. The van der Waals surface area contributed by atoms with E-state index in [9.17, 15) is 0 Å². The lowest BCUT2D eigenvalue weighted by molar-refractivity contribution is 0.895. The molecule has 25 heavy (non-hydrogen) atoms. The number of fused-ring (bicyclic) bond motifs is 1. The van der Waals surface area contributed by atoms with Gasteiger partial charge in [-0.15, -0.1) is 40.4 Å². The van der Waals surface area contributed by atoms with Crippen molar-refractivity contribution in [1.82, 2.24) is 5.32 Å². The quantitative estimate of drug-likeness (QED) is 0.220. The normalized spacial score (nSPS) is 11.7. The summed E-state index contributed by atoms with van der Waals surface area (Å²) in [7, 11) is 0. The molecule has 0 unspecified atom stereocenters. The summed E-state index contributed by atoms with van der Waals surface area (Å²) in [6.45, 7) is 0.489. The van der Waals surface area contributed by atoms with Gasteiger partial charge in [0.2, 0.25) is 5.96 Å². The van der Waals surface area contributed by atoms with E-state index in [0.29, 0.717) is 16.6 Å². The van der Waals surface area contributed by atoms with Crippen LogP contribution in [0.1, 0.15) is 11.1 Å².